The minimum atomic E-state index is -0.494. The van der Waals surface area contributed by atoms with Crippen LogP contribution in [0, 0.1) is 0 Å². The fraction of sp³-hybridized carbons (Fsp3) is 0.357. The molecule has 0 spiro atoms. The topological polar surface area (TPSA) is 66.5 Å². The third-order valence-electron chi connectivity index (χ3n) is 3.13. The number of likely N-dealkylation sites (N-methyl/N-ethyl adjacent to an activating group) is 1. The quantitative estimate of drug-likeness (QED) is 0.828. The van der Waals surface area contributed by atoms with Crippen molar-refractivity contribution in [1.29, 1.82) is 0 Å². The van der Waals surface area contributed by atoms with Crippen LogP contribution in [0.1, 0.15) is 24.5 Å². The third-order valence-corrected chi connectivity index (χ3v) is 3.13. The Hall–Kier alpha value is -2.17. The van der Waals surface area contributed by atoms with Crippen LogP contribution in [-0.2, 0) is 27.3 Å². The number of aryl methyl sites for hydroxylation is 1. The highest BCUT2D eigenvalue weighted by Crippen LogP contribution is 2.23. The molecule has 0 fully saturated rings. The van der Waals surface area contributed by atoms with Crippen molar-refractivity contribution >= 4 is 23.3 Å². The van der Waals surface area contributed by atoms with Gasteiger partial charge in [0.1, 0.15) is 0 Å². The Labute approximate surface area is 111 Å². The van der Waals surface area contributed by atoms with Gasteiger partial charge in [0.05, 0.1) is 0 Å². The van der Waals surface area contributed by atoms with Crippen molar-refractivity contribution in [3.63, 3.8) is 0 Å². The number of ketones is 1. The minimum absolute atomic E-state index is 0.0316. The van der Waals surface area contributed by atoms with Crippen LogP contribution in [0.15, 0.2) is 18.2 Å². The lowest BCUT2D eigenvalue weighted by Gasteiger charge is -2.20. The number of carbonyl (C=O) groups is 3. The number of Topliss-reactive ketones (excluding diaryl/α,β-unsaturated/α-hetero) is 1. The Bertz CT molecular complexity index is 552. The molecular formula is C14H16N2O3. The molecule has 0 atom stereocenters. The molecule has 0 bridgehead atoms. The summed E-state index contributed by atoms with van der Waals surface area (Å²) in [5, 5.41) is 2.81. The molecule has 1 N–H and O–H groups in total. The van der Waals surface area contributed by atoms with Crippen molar-refractivity contribution in [2.75, 3.05) is 12.4 Å². The second-order valence-corrected chi connectivity index (χ2v) is 4.76. The molecule has 0 saturated heterocycles. The highest BCUT2D eigenvalue weighted by molar-refractivity contribution is 6.34. The monoisotopic (exact) mass is 260 g/mol. The summed E-state index contributed by atoms with van der Waals surface area (Å²) in [4.78, 5) is 35.1. The van der Waals surface area contributed by atoms with E-state index < -0.39 is 11.7 Å². The molecule has 0 unspecified atom stereocenters. The summed E-state index contributed by atoms with van der Waals surface area (Å²) in [6.07, 6.45) is 1.19. The van der Waals surface area contributed by atoms with Crippen LogP contribution in [0.4, 0.5) is 5.69 Å². The van der Waals surface area contributed by atoms with E-state index >= 15 is 0 Å². The lowest BCUT2D eigenvalue weighted by atomic mass is 10.0. The number of nitrogens with one attached hydrogen (secondary N) is 1. The number of benzene rings is 1. The Kier molecular flexibility index (Phi) is 3.64. The highest BCUT2D eigenvalue weighted by atomic mass is 16.2. The number of carbonyl (C=O) groups excluding carboxylic acids is 3. The first-order valence-electron chi connectivity index (χ1n) is 6.15. The van der Waals surface area contributed by atoms with E-state index in [0.29, 0.717) is 19.4 Å². The molecule has 100 valence electrons. The van der Waals surface area contributed by atoms with Crippen LogP contribution in [0.3, 0.4) is 0 Å². The molecule has 19 heavy (non-hydrogen) atoms. The number of hydrogen-bond donors (Lipinski definition) is 1. The van der Waals surface area contributed by atoms with Gasteiger partial charge in [-0.2, -0.15) is 0 Å². The third kappa shape index (κ3) is 2.99. The summed E-state index contributed by atoms with van der Waals surface area (Å²) >= 11 is 0. The van der Waals surface area contributed by atoms with Crippen molar-refractivity contribution in [3.05, 3.63) is 29.3 Å². The van der Waals surface area contributed by atoms with Crippen LogP contribution in [0.25, 0.3) is 0 Å². The zero-order valence-electron chi connectivity index (χ0n) is 11.0. The molecule has 5 nitrogen and oxygen atoms in total. The first-order chi connectivity index (χ1) is 8.97. The normalized spacial score (nSPS) is 13.5. The minimum Gasteiger partial charge on any atom is -0.335 e. The fourth-order valence-electron chi connectivity index (χ4n) is 2.15. The van der Waals surface area contributed by atoms with Crippen molar-refractivity contribution in [2.24, 2.45) is 0 Å². The number of rotatable bonds is 3. The van der Waals surface area contributed by atoms with Gasteiger partial charge < -0.3 is 10.2 Å². The van der Waals surface area contributed by atoms with E-state index in [4.69, 9.17) is 0 Å². The molecule has 1 aliphatic heterocycles. The summed E-state index contributed by atoms with van der Waals surface area (Å²) < 4.78 is 0. The van der Waals surface area contributed by atoms with Crippen LogP contribution >= 0.6 is 0 Å². The summed E-state index contributed by atoms with van der Waals surface area (Å²) in [7, 11) is 1.60. The summed E-state index contributed by atoms with van der Waals surface area (Å²) in [6, 6.07) is 5.67. The molecule has 1 aromatic carbocycles. The van der Waals surface area contributed by atoms with Gasteiger partial charge >= 0.3 is 0 Å². The number of fused-ring (bicyclic) bond motifs is 1. The van der Waals surface area contributed by atoms with Gasteiger partial charge in [-0.25, -0.2) is 0 Å². The Morgan fingerprint density at radius 2 is 2.05 bits per heavy atom. The summed E-state index contributed by atoms with van der Waals surface area (Å²) in [5.74, 6) is -0.928. The van der Waals surface area contributed by atoms with Crippen LogP contribution in [-0.4, -0.2) is 29.5 Å². The lowest BCUT2D eigenvalue weighted by molar-refractivity contribution is -0.143. The van der Waals surface area contributed by atoms with Gasteiger partial charge in [-0.15, -0.1) is 0 Å². The number of hydrogen-bond acceptors (Lipinski definition) is 3. The summed E-state index contributed by atoms with van der Waals surface area (Å²) in [5.41, 5.74) is 2.85. The van der Waals surface area contributed by atoms with Crippen molar-refractivity contribution in [1.82, 2.24) is 4.90 Å². The smallest absolute Gasteiger partial charge is 0.289 e. The molecule has 0 radical (unpaired) electrons. The van der Waals surface area contributed by atoms with Crippen LogP contribution in [0.2, 0.25) is 0 Å². The molecule has 0 aliphatic carbocycles. The number of nitrogens with zero attached hydrogens (tertiary/aromatic N) is 1. The van der Waals surface area contributed by atoms with E-state index in [-0.39, 0.29) is 5.91 Å². The molecule has 2 rings (SSSR count). The maximum absolute atomic E-state index is 11.5. The van der Waals surface area contributed by atoms with Gasteiger partial charge in [0.25, 0.3) is 5.91 Å². The molecule has 0 saturated carbocycles. The Morgan fingerprint density at radius 3 is 2.74 bits per heavy atom. The zero-order valence-corrected chi connectivity index (χ0v) is 11.0. The number of amides is 2. The van der Waals surface area contributed by atoms with Gasteiger partial charge in [-0.05, 0) is 23.6 Å². The van der Waals surface area contributed by atoms with Gasteiger partial charge in [-0.3, -0.25) is 14.4 Å². The van der Waals surface area contributed by atoms with E-state index in [9.17, 15) is 14.4 Å². The van der Waals surface area contributed by atoms with E-state index in [1.54, 1.807) is 7.05 Å². The molecule has 2 amide bonds. The highest BCUT2D eigenvalue weighted by Gasteiger charge is 2.17. The van der Waals surface area contributed by atoms with E-state index in [2.05, 4.69) is 5.32 Å². The van der Waals surface area contributed by atoms with Crippen molar-refractivity contribution in [2.45, 2.75) is 26.3 Å². The predicted molar refractivity (Wildman–Crippen MR) is 70.5 cm³/mol. The van der Waals surface area contributed by atoms with E-state index in [1.807, 2.05) is 18.2 Å². The molecule has 1 aliphatic rings. The van der Waals surface area contributed by atoms with Gasteiger partial charge in [-0.1, -0.05) is 12.1 Å². The lowest BCUT2D eigenvalue weighted by Crippen LogP contribution is -2.31. The molecule has 1 heterocycles. The molecule has 0 aromatic heterocycles. The van der Waals surface area contributed by atoms with Crippen molar-refractivity contribution in [3.8, 4) is 0 Å². The molecular weight excluding hydrogens is 244 g/mol. The standard InChI is InChI=1S/C14H16N2O3/c1-9(17)14(19)16(2)8-10-3-5-12-11(7-10)4-6-13(18)15-12/h3,5,7H,4,6,8H2,1-2H3,(H,15,18). The zero-order chi connectivity index (χ0) is 14.0. The van der Waals surface area contributed by atoms with Gasteiger partial charge in [0.15, 0.2) is 0 Å². The average molecular weight is 260 g/mol. The SMILES string of the molecule is CC(=O)C(=O)N(C)Cc1ccc2c(c1)CCC(=O)N2. The first kappa shape index (κ1) is 13.3. The van der Waals surface area contributed by atoms with Crippen molar-refractivity contribution < 1.29 is 14.4 Å². The van der Waals surface area contributed by atoms with Crippen LogP contribution < -0.4 is 5.32 Å². The average Bonchev–Trinajstić information content (AvgIpc) is 2.37. The van der Waals surface area contributed by atoms with Gasteiger partial charge in [0.2, 0.25) is 11.7 Å². The second kappa shape index (κ2) is 5.22. The fourth-order valence-corrected chi connectivity index (χ4v) is 2.15. The second-order valence-electron chi connectivity index (χ2n) is 4.76. The van der Waals surface area contributed by atoms with Gasteiger partial charge in [0, 0.05) is 32.6 Å². The predicted octanol–water partition coefficient (Wildman–Crippen LogP) is 1.12. The van der Waals surface area contributed by atoms with Crippen LogP contribution in [0.5, 0.6) is 0 Å². The van der Waals surface area contributed by atoms with E-state index in [0.717, 1.165) is 16.8 Å². The Balaban J connectivity index is 2.12. The maximum Gasteiger partial charge on any atom is 0.289 e. The Morgan fingerprint density at radius 1 is 1.32 bits per heavy atom. The van der Waals surface area contributed by atoms with E-state index in [1.165, 1.54) is 11.8 Å². The number of anilines is 1. The maximum atomic E-state index is 11.5. The largest absolute Gasteiger partial charge is 0.335 e. The molecule has 5 heteroatoms. The molecule has 1 aromatic rings. The summed E-state index contributed by atoms with van der Waals surface area (Å²) in [6.45, 7) is 1.65. The first-order valence-corrected chi connectivity index (χ1v) is 6.15.